The third-order valence-electron chi connectivity index (χ3n) is 0.354. The average Bonchev–Trinajstić information content (AvgIpc) is 1.63. The summed E-state index contributed by atoms with van der Waals surface area (Å²) in [5.41, 5.74) is -0.139. The summed E-state index contributed by atoms with van der Waals surface area (Å²) >= 11 is 0.553. The van der Waals surface area contributed by atoms with Gasteiger partial charge in [-0.1, -0.05) is 20.8 Å². The molecular weight excluding hydrogens is 211 g/mol. The van der Waals surface area contributed by atoms with Gasteiger partial charge in [0.1, 0.15) is 6.29 Å². The van der Waals surface area contributed by atoms with Gasteiger partial charge in [-0.25, -0.2) is 0 Å². The first kappa shape index (κ1) is 12.7. The minimum atomic E-state index is -0.743. The maximum absolute atomic E-state index is 9.83. The van der Waals surface area contributed by atoms with Crippen LogP contribution in [-0.4, -0.2) is 15.1 Å². The zero-order chi connectivity index (χ0) is 8.78. The Balaban J connectivity index is 0. The molecule has 57 valence electrons. The molecule has 0 rings (SSSR count). The van der Waals surface area contributed by atoms with Crippen molar-refractivity contribution >= 4 is 9.96 Å². The molecule has 0 aliphatic carbocycles. The normalized spacial score (nSPS) is 9.00. The molecule has 4 heteroatoms. The van der Waals surface area contributed by atoms with E-state index in [0.29, 0.717) is 24.7 Å². The summed E-state index contributed by atoms with van der Waals surface area (Å²) < 4.78 is -0.743. The molecule has 0 amide bonds. The summed E-state index contributed by atoms with van der Waals surface area (Å²) in [7, 11) is 0. The third-order valence-corrected chi connectivity index (χ3v) is 0.354. The van der Waals surface area contributed by atoms with Crippen molar-refractivity contribution in [1.29, 1.82) is 0 Å². The second kappa shape index (κ2) is 5.78. The zero-order valence-corrected chi connectivity index (χ0v) is 8.80. The van der Waals surface area contributed by atoms with Gasteiger partial charge in [-0.15, -0.1) is 0 Å². The molecule has 0 radical (unpaired) electrons. The van der Waals surface area contributed by atoms with Crippen molar-refractivity contribution in [3.05, 3.63) is 0 Å². The summed E-state index contributed by atoms with van der Waals surface area (Å²) in [5.74, 6) is 0. The van der Waals surface area contributed by atoms with Crippen LogP contribution in [0.4, 0.5) is 4.79 Å². The van der Waals surface area contributed by atoms with Gasteiger partial charge in [0.25, 0.3) is 0 Å². The predicted octanol–water partition coefficient (Wildman–Crippen LogP) is 1.44. The van der Waals surface area contributed by atoms with E-state index in [9.17, 15) is 4.79 Å². The standard InChI is InChI=1S/C5H10O.CHO2.Zr/c1-5(2,3)4-6;2-1-3;/h4H,1-3H3;(H,2,3);. The van der Waals surface area contributed by atoms with Crippen LogP contribution >= 0.6 is 0 Å². The SMILES string of the molecule is CC(C)(C)C=O.O=[C](O)[Zr]. The molecule has 0 aliphatic heterocycles. The van der Waals surface area contributed by atoms with E-state index in [0.717, 1.165) is 6.29 Å². The van der Waals surface area contributed by atoms with Gasteiger partial charge in [-0.3, -0.25) is 0 Å². The zero-order valence-electron chi connectivity index (χ0n) is 6.34. The number of carbonyl (C=O) groups is 2. The van der Waals surface area contributed by atoms with Gasteiger partial charge in [-0.05, 0) is 0 Å². The molecule has 0 unspecified atom stereocenters. The Labute approximate surface area is 75.7 Å². The second-order valence-corrected chi connectivity index (χ2v) is 3.84. The van der Waals surface area contributed by atoms with E-state index in [2.05, 4.69) is 0 Å². The first-order chi connectivity index (χ1) is 4.29. The topological polar surface area (TPSA) is 54.4 Å². The van der Waals surface area contributed by atoms with Crippen LogP contribution in [0.25, 0.3) is 0 Å². The molecule has 0 heterocycles. The van der Waals surface area contributed by atoms with Crippen molar-refractivity contribution < 1.29 is 39.4 Å². The molecule has 0 spiro atoms. The number of aldehydes is 1. The number of hydrogen-bond donors (Lipinski definition) is 1. The van der Waals surface area contributed by atoms with E-state index >= 15 is 0 Å². The molecule has 0 fully saturated rings. The van der Waals surface area contributed by atoms with Gasteiger partial charge >= 0.3 is 38.3 Å². The van der Waals surface area contributed by atoms with E-state index in [4.69, 9.17) is 9.90 Å². The molecule has 0 atom stereocenters. The van der Waals surface area contributed by atoms with Crippen molar-refractivity contribution in [2.45, 2.75) is 20.8 Å². The molecule has 0 aromatic heterocycles. The Bertz CT molecular complexity index is 111. The Morgan fingerprint density at radius 1 is 1.50 bits per heavy atom. The van der Waals surface area contributed by atoms with Crippen LogP contribution in [0.15, 0.2) is 0 Å². The van der Waals surface area contributed by atoms with E-state index in [1.54, 1.807) is 0 Å². The second-order valence-electron chi connectivity index (χ2n) is 2.79. The summed E-state index contributed by atoms with van der Waals surface area (Å²) in [4.78, 5) is 18.9. The van der Waals surface area contributed by atoms with Gasteiger partial charge in [0.05, 0.1) is 0 Å². The summed E-state index contributed by atoms with van der Waals surface area (Å²) in [6, 6.07) is 0. The van der Waals surface area contributed by atoms with Crippen LogP contribution in [0.5, 0.6) is 0 Å². The van der Waals surface area contributed by atoms with Crippen LogP contribution in [0, 0.1) is 5.41 Å². The van der Waals surface area contributed by atoms with Gasteiger partial charge in [0, 0.05) is 5.41 Å². The van der Waals surface area contributed by atoms with Crippen molar-refractivity contribution in [2.75, 3.05) is 0 Å². The number of rotatable bonds is 0. The van der Waals surface area contributed by atoms with E-state index in [-0.39, 0.29) is 5.41 Å². The summed E-state index contributed by atoms with van der Waals surface area (Å²) in [5, 5.41) is 7.46. The number of hydrogen-bond acceptors (Lipinski definition) is 2. The first-order valence-corrected chi connectivity index (χ1v) is 3.93. The molecule has 0 saturated heterocycles. The first-order valence-electron chi connectivity index (χ1n) is 2.70. The third kappa shape index (κ3) is 43.3. The Morgan fingerprint density at radius 2 is 1.60 bits per heavy atom. The molecule has 0 bridgehead atoms. The minimum absolute atomic E-state index is 0.139. The Hall–Kier alpha value is 0.0231. The van der Waals surface area contributed by atoms with Crippen LogP contribution in [0.1, 0.15) is 20.8 Å². The average molecular weight is 222 g/mol. The van der Waals surface area contributed by atoms with Crippen LogP contribution in [0.2, 0.25) is 0 Å². The number of carbonyl (C=O) groups excluding carboxylic acids is 1. The molecule has 0 aliphatic rings. The summed E-state index contributed by atoms with van der Waals surface area (Å²) in [6.45, 7) is 5.62. The van der Waals surface area contributed by atoms with Crippen molar-refractivity contribution in [3.63, 3.8) is 0 Å². The molecule has 1 N–H and O–H groups in total. The van der Waals surface area contributed by atoms with Gasteiger partial charge in [0.2, 0.25) is 0 Å². The predicted molar refractivity (Wildman–Crippen MR) is 33.5 cm³/mol. The molecular formula is C6H11O3Zr. The molecule has 0 aromatic carbocycles. The quantitative estimate of drug-likeness (QED) is 0.631. The molecule has 10 heavy (non-hydrogen) atoms. The van der Waals surface area contributed by atoms with E-state index in [1.165, 1.54) is 0 Å². The van der Waals surface area contributed by atoms with E-state index < -0.39 is 3.68 Å². The van der Waals surface area contributed by atoms with Crippen LogP contribution in [0.3, 0.4) is 0 Å². The maximum atomic E-state index is 9.83. The molecule has 0 aromatic rings. The van der Waals surface area contributed by atoms with Crippen molar-refractivity contribution in [2.24, 2.45) is 5.41 Å². The van der Waals surface area contributed by atoms with Gasteiger partial charge in [-0.2, -0.15) is 0 Å². The fraction of sp³-hybridized carbons (Fsp3) is 0.667. The monoisotopic (exact) mass is 221 g/mol. The molecule has 0 saturated carbocycles. The van der Waals surface area contributed by atoms with Crippen molar-refractivity contribution in [3.8, 4) is 0 Å². The van der Waals surface area contributed by atoms with Gasteiger partial charge < -0.3 is 4.79 Å². The number of carboxylic acid groups (broad SMARTS) is 1. The summed E-state index contributed by atoms with van der Waals surface area (Å²) in [6.07, 6.45) is 0.938. The Morgan fingerprint density at radius 3 is 1.60 bits per heavy atom. The van der Waals surface area contributed by atoms with Crippen molar-refractivity contribution in [1.82, 2.24) is 0 Å². The van der Waals surface area contributed by atoms with Crippen LogP contribution < -0.4 is 0 Å². The van der Waals surface area contributed by atoms with Crippen LogP contribution in [-0.2, 0) is 29.5 Å². The fourth-order valence-electron chi connectivity index (χ4n) is 0. The fourth-order valence-corrected chi connectivity index (χ4v) is 0. The van der Waals surface area contributed by atoms with E-state index in [1.807, 2.05) is 20.8 Å². The molecule has 3 nitrogen and oxygen atoms in total. The Kier molecular flexibility index (Phi) is 7.33. The van der Waals surface area contributed by atoms with Gasteiger partial charge in [0.15, 0.2) is 0 Å².